The van der Waals surface area contributed by atoms with Crippen LogP contribution in [0.5, 0.6) is 23.0 Å². The maximum atomic E-state index is 13.8. The van der Waals surface area contributed by atoms with Crippen LogP contribution in [0.1, 0.15) is 115 Å². The summed E-state index contributed by atoms with van der Waals surface area (Å²) >= 11 is 0. The molecule has 10 aromatic rings. The Labute approximate surface area is 623 Å². The highest BCUT2D eigenvalue weighted by Gasteiger charge is 2.34. The summed E-state index contributed by atoms with van der Waals surface area (Å²) in [6.45, 7) is 13.2. The molecule has 0 spiro atoms. The molecule has 0 bridgehead atoms. The third kappa shape index (κ3) is 23.5. The van der Waals surface area contributed by atoms with Crippen LogP contribution in [0, 0.1) is 46.5 Å². The minimum Gasteiger partial charge on any atom is -0.744 e. The third-order valence-electron chi connectivity index (χ3n) is 16.2. The van der Waals surface area contributed by atoms with E-state index in [9.17, 15) is 65.9 Å². The Morgan fingerprint density at radius 3 is 1.08 bits per heavy atom. The van der Waals surface area contributed by atoms with Gasteiger partial charge in [0.05, 0.1) is 28.4 Å². The second-order valence-electron chi connectivity index (χ2n) is 25.0. The average molecular weight is 1560 g/mol. The molecular formula is C81H78F8O14S4. The van der Waals surface area contributed by atoms with Crippen molar-refractivity contribution >= 4 is 48.2 Å². The van der Waals surface area contributed by atoms with E-state index in [0.29, 0.717) is 28.7 Å². The van der Waals surface area contributed by atoms with Crippen molar-refractivity contribution < 1.29 is 99.0 Å². The van der Waals surface area contributed by atoms with Crippen LogP contribution < -0.4 is 18.9 Å². The van der Waals surface area contributed by atoms with E-state index >= 15 is 0 Å². The topological polar surface area (TPSA) is 196 Å². The van der Waals surface area contributed by atoms with Crippen molar-refractivity contribution in [2.24, 2.45) is 0 Å². The first-order chi connectivity index (χ1) is 51.0. The fraction of sp³-hybridized carbons (Fsp3) is 0.247. The molecule has 0 N–H and O–H groups in total. The van der Waals surface area contributed by atoms with Gasteiger partial charge in [0, 0.05) is 6.42 Å². The van der Waals surface area contributed by atoms with Gasteiger partial charge in [0.25, 0.3) is 0 Å². The molecule has 26 heteroatoms. The Hall–Kier alpha value is -9.41. The van der Waals surface area contributed by atoms with Gasteiger partial charge in [-0.3, -0.25) is 0 Å². The molecular weight excluding hydrogens is 1480 g/mol. The van der Waals surface area contributed by atoms with Crippen molar-refractivity contribution in [3.05, 3.63) is 287 Å². The molecule has 0 amide bonds. The maximum Gasteiger partial charge on any atom is 0.511 e. The molecule has 107 heavy (non-hydrogen) atoms. The van der Waals surface area contributed by atoms with Crippen LogP contribution in [0.3, 0.4) is 0 Å². The summed E-state index contributed by atoms with van der Waals surface area (Å²) in [7, 11) is -11.8. The number of rotatable bonds is 23. The predicted molar refractivity (Wildman–Crippen MR) is 387 cm³/mol. The van der Waals surface area contributed by atoms with Crippen LogP contribution in [0.25, 0.3) is 0 Å². The zero-order chi connectivity index (χ0) is 77.6. The molecule has 1 saturated heterocycles. The normalized spacial score (nSPS) is 13.5. The van der Waals surface area contributed by atoms with E-state index in [0.717, 1.165) is 49.2 Å². The molecule has 3 atom stereocenters. The van der Waals surface area contributed by atoms with E-state index in [1.54, 1.807) is 69.3 Å². The van der Waals surface area contributed by atoms with Crippen LogP contribution in [0.15, 0.2) is 258 Å². The smallest absolute Gasteiger partial charge is 0.511 e. The Morgan fingerprint density at radius 1 is 0.458 bits per heavy atom. The van der Waals surface area contributed by atoms with Crippen molar-refractivity contribution in [2.75, 3.05) is 13.4 Å². The summed E-state index contributed by atoms with van der Waals surface area (Å²) < 4.78 is 211. The van der Waals surface area contributed by atoms with Crippen molar-refractivity contribution in [3.8, 4) is 23.0 Å². The summed E-state index contributed by atoms with van der Waals surface area (Å²) in [4.78, 5) is 14.8. The summed E-state index contributed by atoms with van der Waals surface area (Å²) in [6.07, 6.45) is 4.27. The number of carbonyl (C=O) groups is 1. The highest BCUT2D eigenvalue weighted by atomic mass is 32.2. The van der Waals surface area contributed by atoms with Crippen molar-refractivity contribution in [1.82, 2.24) is 0 Å². The van der Waals surface area contributed by atoms with Crippen molar-refractivity contribution in [2.45, 2.75) is 157 Å². The molecule has 0 radical (unpaired) electrons. The predicted octanol–water partition coefficient (Wildman–Crippen LogP) is 20.2. The number of hydrogen-bond acceptors (Lipinski definition) is 14. The average Bonchev–Trinajstić information content (AvgIpc) is 0.764. The summed E-state index contributed by atoms with van der Waals surface area (Å²) in [5, 5.41) is 0. The van der Waals surface area contributed by atoms with Gasteiger partial charge >= 0.3 is 6.16 Å². The first-order valence-electron chi connectivity index (χ1n) is 33.7. The lowest BCUT2D eigenvalue weighted by atomic mass is 9.98. The highest BCUT2D eigenvalue weighted by molar-refractivity contribution is 7.97. The van der Waals surface area contributed by atoms with Gasteiger partial charge in [0.1, 0.15) is 60.3 Å². The third-order valence-corrected chi connectivity index (χ3v) is 22.4. The Bertz CT molecular complexity index is 4450. The zero-order valence-corrected chi connectivity index (χ0v) is 62.5. The lowest BCUT2D eigenvalue weighted by Crippen LogP contribution is -2.25. The minimum atomic E-state index is -5.74. The van der Waals surface area contributed by atoms with Gasteiger partial charge in [0.15, 0.2) is 70.4 Å². The van der Waals surface area contributed by atoms with Gasteiger partial charge in [-0.15, -0.1) is 0 Å². The molecule has 1 fully saturated rings. The first kappa shape index (κ1) is 83.2. The second-order valence-corrected chi connectivity index (χ2v) is 31.7. The van der Waals surface area contributed by atoms with Crippen LogP contribution in [-0.4, -0.2) is 57.4 Å². The van der Waals surface area contributed by atoms with Crippen molar-refractivity contribution in [1.29, 1.82) is 0 Å². The van der Waals surface area contributed by atoms with Gasteiger partial charge in [-0.25, -0.2) is 39.2 Å². The molecule has 1 aliphatic rings. The molecule has 3 unspecified atom stereocenters. The Morgan fingerprint density at radius 2 is 0.785 bits per heavy atom. The van der Waals surface area contributed by atoms with E-state index in [2.05, 4.69) is 133 Å². The molecule has 566 valence electrons. The molecule has 0 aliphatic carbocycles. The number of halogens is 8. The van der Waals surface area contributed by atoms with Gasteiger partial charge in [0.2, 0.25) is 30.1 Å². The van der Waals surface area contributed by atoms with E-state index in [1.165, 1.54) is 35.8 Å². The molecule has 0 aromatic heterocycles. The summed E-state index contributed by atoms with van der Waals surface area (Å²) in [6, 6.07) is 72.3. The lowest BCUT2D eigenvalue weighted by molar-refractivity contribution is -0.105. The SMILES string of the molecule is CC(C)(C)OC(=O)OCOc1ccc([S+](c2ccccc2)c2ccccc2)cc1.CCC(C)c1ccc(COc2c(F)c(F)c(S(=O)(=O)[O-])c(F)c2F)cc1.CCC(C)c1ccc(COc2c(F)c(F)c(S(=O)(=O)[O-])c(F)c2F)cc1.c1ccc([S+](c2ccccc2)c2ccc(OC3CCCCO3)cc2)cc1. The largest absolute Gasteiger partial charge is 0.744 e. The number of benzene rings is 10. The number of ether oxygens (including phenoxy) is 7. The number of carbonyl (C=O) groups excluding carboxylic acids is 1. The minimum absolute atomic E-state index is 0.101. The molecule has 0 saturated carbocycles. The molecule has 14 nitrogen and oxygen atoms in total. The van der Waals surface area contributed by atoms with Gasteiger partial charge < -0.3 is 42.3 Å². The van der Waals surface area contributed by atoms with Gasteiger partial charge in [-0.2, -0.15) is 17.6 Å². The standard InChI is InChI=1S/C24H25O4S.C23H23O2S.2C17H16F4O4S/c1-24(2,3)28-23(25)27-18-26-19-14-16-22(17-15-19)29(20-10-6-4-7-11-20)21-12-8-5-9-13-21;1-3-9-20(10-4-1)26(21-11-5-2-6-12-21)22-16-14-19(15-17-22)25-23-13-7-8-18-24-23;2*1-3-9(2)11-6-4-10(5-7-11)8-25-16-12(18)14(20)17(26(22,23)24)15(21)13(16)19/h4-17H,18H2,1-3H3;1-6,9-12,14-17,23H,7-8,13,18H2;2*4-7,9H,3,8H2,1-2H3,(H,22,23,24)/q2*+1;;/p-2. The van der Waals surface area contributed by atoms with Crippen LogP contribution in [0.2, 0.25) is 0 Å². The van der Waals surface area contributed by atoms with E-state index in [1.807, 2.05) is 64.1 Å². The molecule has 1 aliphatic heterocycles. The monoisotopic (exact) mass is 1550 g/mol. The summed E-state index contributed by atoms with van der Waals surface area (Å²) in [5.41, 5.74) is 2.42. The molecule has 1 heterocycles. The lowest BCUT2D eigenvalue weighted by Gasteiger charge is -2.23. The summed E-state index contributed by atoms with van der Waals surface area (Å²) in [5.74, 6) is -18.4. The molecule has 10 aromatic carbocycles. The maximum absolute atomic E-state index is 13.8. The fourth-order valence-corrected chi connectivity index (χ4v) is 15.7. The van der Waals surface area contributed by atoms with Crippen LogP contribution >= 0.6 is 0 Å². The Balaban J connectivity index is 0.000000180. The molecule has 11 rings (SSSR count). The number of hydrogen-bond donors (Lipinski definition) is 0. The Kier molecular flexibility index (Phi) is 30.3. The van der Waals surface area contributed by atoms with Gasteiger partial charge in [-0.05, 0) is 178 Å². The second kappa shape index (κ2) is 38.9. The van der Waals surface area contributed by atoms with E-state index < -0.39 is 113 Å². The van der Waals surface area contributed by atoms with Crippen LogP contribution in [0.4, 0.5) is 39.9 Å². The van der Waals surface area contributed by atoms with Gasteiger partial charge in [-0.1, -0.05) is 149 Å². The quantitative estimate of drug-likeness (QED) is 0.0146. The zero-order valence-electron chi connectivity index (χ0n) is 59.3. The highest BCUT2D eigenvalue weighted by Crippen LogP contribution is 2.38. The van der Waals surface area contributed by atoms with Crippen LogP contribution in [-0.2, 0) is 69.5 Å². The first-order valence-corrected chi connectivity index (χ1v) is 39.0. The van der Waals surface area contributed by atoms with E-state index in [-0.39, 0.29) is 34.9 Å². The fourth-order valence-electron chi connectivity index (χ4n) is 10.3. The van der Waals surface area contributed by atoms with Crippen molar-refractivity contribution in [3.63, 3.8) is 0 Å². The van der Waals surface area contributed by atoms with E-state index in [4.69, 9.17) is 33.2 Å².